The first kappa shape index (κ1) is 69.9. The molecular formula is C74H102O12. The highest BCUT2D eigenvalue weighted by molar-refractivity contribution is 5.96. The van der Waals surface area contributed by atoms with Crippen molar-refractivity contribution in [3.63, 3.8) is 0 Å². The van der Waals surface area contributed by atoms with E-state index >= 15 is 0 Å². The van der Waals surface area contributed by atoms with Gasteiger partial charge in [0.25, 0.3) is 0 Å². The zero-order valence-electron chi connectivity index (χ0n) is 52.7. The van der Waals surface area contributed by atoms with Gasteiger partial charge >= 0.3 is 23.9 Å². The van der Waals surface area contributed by atoms with Crippen molar-refractivity contribution in [2.75, 3.05) is 26.4 Å². The fraction of sp³-hybridized carbons (Fsp3) is 0.541. The molecule has 12 heteroatoms. The molecule has 0 radical (unpaired) electrons. The summed E-state index contributed by atoms with van der Waals surface area (Å²) in [7, 11) is 0. The third kappa shape index (κ3) is 28.6. The maximum atomic E-state index is 14.1. The molecule has 5 aromatic carbocycles. The number of hydrogen-bond donors (Lipinski definition) is 0. The number of carbonyl (C=O) groups is 4. The van der Waals surface area contributed by atoms with Gasteiger partial charge in [-0.15, -0.1) is 0 Å². The molecule has 5 rings (SSSR count). The number of esters is 4. The minimum atomic E-state index is -0.802. The van der Waals surface area contributed by atoms with Gasteiger partial charge in [-0.1, -0.05) is 207 Å². The summed E-state index contributed by atoms with van der Waals surface area (Å²) in [5, 5.41) is 0. The Bertz CT molecular complexity index is 2270. The second-order valence-corrected chi connectivity index (χ2v) is 22.7. The molecule has 0 spiro atoms. The molecule has 0 saturated heterocycles. The van der Waals surface area contributed by atoms with Gasteiger partial charge in [0.05, 0.1) is 48.7 Å². The van der Waals surface area contributed by atoms with Crippen molar-refractivity contribution < 1.29 is 57.1 Å². The maximum absolute atomic E-state index is 14.1. The summed E-state index contributed by atoms with van der Waals surface area (Å²) in [6.45, 7) is 11.1. The number of benzene rings is 5. The lowest BCUT2D eigenvalue weighted by Gasteiger charge is -2.16. The lowest BCUT2D eigenvalue weighted by atomic mass is 10.1. The van der Waals surface area contributed by atoms with Crippen LogP contribution in [0.1, 0.15) is 275 Å². The van der Waals surface area contributed by atoms with Gasteiger partial charge in [-0.2, -0.15) is 0 Å². The highest BCUT2D eigenvalue weighted by atomic mass is 16.6. The number of ether oxygens (including phenoxy) is 8. The Balaban J connectivity index is 1.36. The smallest absolute Gasteiger partial charge is 0.343 e. The number of hydrogen-bond acceptors (Lipinski definition) is 12. The highest BCUT2D eigenvalue weighted by Crippen LogP contribution is 2.42. The van der Waals surface area contributed by atoms with E-state index in [4.69, 9.17) is 37.9 Å². The minimum absolute atomic E-state index is 0.174. The van der Waals surface area contributed by atoms with Crippen LogP contribution in [-0.2, 0) is 0 Å². The van der Waals surface area contributed by atoms with E-state index in [-0.39, 0.29) is 45.3 Å². The zero-order chi connectivity index (χ0) is 61.1. The van der Waals surface area contributed by atoms with Gasteiger partial charge in [0.1, 0.15) is 23.0 Å². The summed E-state index contributed by atoms with van der Waals surface area (Å²) in [4.78, 5) is 56.2. The summed E-state index contributed by atoms with van der Waals surface area (Å²) in [6, 6.07) is 28.7. The Labute approximate surface area is 515 Å². The fourth-order valence-electron chi connectivity index (χ4n) is 9.93. The van der Waals surface area contributed by atoms with Crippen LogP contribution in [0.15, 0.2) is 109 Å². The van der Waals surface area contributed by atoms with E-state index in [0.29, 0.717) is 49.4 Å². The van der Waals surface area contributed by atoms with Crippen molar-refractivity contribution in [2.24, 2.45) is 0 Å². The summed E-state index contributed by atoms with van der Waals surface area (Å²) in [5.74, 6) is -1.92. The first-order valence-corrected chi connectivity index (χ1v) is 33.2. The molecule has 0 saturated carbocycles. The quantitative estimate of drug-likeness (QED) is 0.0208. The van der Waals surface area contributed by atoms with Gasteiger partial charge in [-0.05, 0) is 123 Å². The van der Waals surface area contributed by atoms with E-state index in [9.17, 15) is 19.2 Å². The van der Waals surface area contributed by atoms with Gasteiger partial charge in [0, 0.05) is 12.1 Å². The van der Waals surface area contributed by atoms with Crippen LogP contribution in [-0.4, -0.2) is 50.3 Å². The summed E-state index contributed by atoms with van der Waals surface area (Å²) in [6.07, 6.45) is 37.9. The third-order valence-corrected chi connectivity index (χ3v) is 15.2. The predicted octanol–water partition coefficient (Wildman–Crippen LogP) is 20.6. The van der Waals surface area contributed by atoms with Crippen LogP contribution >= 0.6 is 0 Å². The molecule has 470 valence electrons. The lowest BCUT2D eigenvalue weighted by Crippen LogP contribution is -2.16. The Morgan fingerprint density at radius 3 is 0.570 bits per heavy atom. The van der Waals surface area contributed by atoms with Crippen molar-refractivity contribution in [3.8, 4) is 46.0 Å². The minimum Gasteiger partial charge on any atom is -0.494 e. The molecule has 86 heavy (non-hydrogen) atoms. The Morgan fingerprint density at radius 2 is 0.395 bits per heavy atom. The second-order valence-electron chi connectivity index (χ2n) is 22.7. The number of unbranched alkanes of at least 4 members (excludes halogenated alkanes) is 28. The van der Waals surface area contributed by atoms with Gasteiger partial charge < -0.3 is 37.9 Å². The average molecular weight is 1180 g/mol. The van der Waals surface area contributed by atoms with E-state index in [1.165, 1.54) is 166 Å². The van der Waals surface area contributed by atoms with E-state index in [1.807, 2.05) is 0 Å². The monoisotopic (exact) mass is 1180 g/mol. The van der Waals surface area contributed by atoms with Crippen molar-refractivity contribution in [1.29, 1.82) is 0 Å². The molecule has 0 amide bonds. The normalized spacial score (nSPS) is 11.0. The SMILES string of the molecule is CCCCCCCCCCOc1ccc(C(=O)Oc2cc(OC(=O)c3ccc(OCCCCCCCCCC)cc3)c(OC(=O)c3ccc(OCCCCCCCCCC)cc3)cc2OC(=O)c2ccc(OCCCCCCCCCC)cc2)cc1. The molecule has 0 atom stereocenters. The lowest BCUT2D eigenvalue weighted by molar-refractivity contribution is 0.0662. The zero-order valence-corrected chi connectivity index (χ0v) is 52.7. The molecular weight excluding hydrogens is 1080 g/mol. The van der Waals surface area contributed by atoms with Gasteiger partial charge in [-0.25, -0.2) is 19.2 Å². The Hall–Kier alpha value is -6.82. The van der Waals surface area contributed by atoms with Crippen LogP contribution in [0.3, 0.4) is 0 Å². The third-order valence-electron chi connectivity index (χ3n) is 15.2. The maximum Gasteiger partial charge on any atom is 0.343 e. The summed E-state index contributed by atoms with van der Waals surface area (Å²) in [5.41, 5.74) is 0.697. The van der Waals surface area contributed by atoms with E-state index < -0.39 is 23.9 Å². The topological polar surface area (TPSA) is 142 Å². The molecule has 0 bridgehead atoms. The van der Waals surface area contributed by atoms with E-state index in [0.717, 1.165) is 51.4 Å². The standard InChI is InChI=1S/C74H102O12/c1-5-9-13-17-21-25-29-33-53-79-63-45-37-59(38-46-63)71(75)83-67-57-69(85-73(77)61-41-49-65(50-42-61)81-55-35-31-27-23-19-15-11-7-3)70(86-74(78)62-43-51-66(52-44-62)82-56-36-32-28-24-20-16-12-8-4)58-68(67)84-72(76)60-39-47-64(48-40-60)80-54-34-30-26-22-18-14-10-6-2/h37-52,57-58H,5-36,53-56H2,1-4H3. The van der Waals surface area contributed by atoms with Crippen LogP contribution in [0.4, 0.5) is 0 Å². The first-order valence-electron chi connectivity index (χ1n) is 33.2. The molecule has 0 aromatic heterocycles. The summed E-state index contributed by atoms with van der Waals surface area (Å²) >= 11 is 0. The molecule has 0 aliphatic rings. The summed E-state index contributed by atoms with van der Waals surface area (Å²) < 4.78 is 48.0. The van der Waals surface area contributed by atoms with Crippen molar-refractivity contribution in [3.05, 3.63) is 131 Å². The highest BCUT2D eigenvalue weighted by Gasteiger charge is 2.25. The molecule has 12 nitrogen and oxygen atoms in total. The average Bonchev–Trinajstić information content (AvgIpc) is 3.16. The molecule has 0 N–H and O–H groups in total. The molecule has 5 aromatic rings. The largest absolute Gasteiger partial charge is 0.494 e. The van der Waals surface area contributed by atoms with Gasteiger partial charge in [-0.3, -0.25) is 0 Å². The number of carbonyl (C=O) groups excluding carboxylic acids is 4. The molecule has 0 aliphatic carbocycles. The van der Waals surface area contributed by atoms with Crippen LogP contribution in [0, 0.1) is 0 Å². The molecule has 0 fully saturated rings. The van der Waals surface area contributed by atoms with Crippen molar-refractivity contribution in [1.82, 2.24) is 0 Å². The van der Waals surface area contributed by atoms with Crippen molar-refractivity contribution >= 4 is 23.9 Å². The predicted molar refractivity (Wildman–Crippen MR) is 344 cm³/mol. The van der Waals surface area contributed by atoms with E-state index in [2.05, 4.69) is 27.7 Å². The van der Waals surface area contributed by atoms with Crippen LogP contribution < -0.4 is 37.9 Å². The Kier molecular flexibility index (Phi) is 35.6. The van der Waals surface area contributed by atoms with Crippen LogP contribution in [0.2, 0.25) is 0 Å². The van der Waals surface area contributed by atoms with Gasteiger partial charge in [0.2, 0.25) is 0 Å². The molecule has 0 aliphatic heterocycles. The van der Waals surface area contributed by atoms with Crippen LogP contribution in [0.25, 0.3) is 0 Å². The fourth-order valence-corrected chi connectivity index (χ4v) is 9.93. The van der Waals surface area contributed by atoms with E-state index in [1.54, 1.807) is 97.1 Å². The molecule has 0 heterocycles. The second kappa shape index (κ2) is 43.7. The van der Waals surface area contributed by atoms with Crippen molar-refractivity contribution in [2.45, 2.75) is 233 Å². The van der Waals surface area contributed by atoms with Gasteiger partial charge in [0.15, 0.2) is 23.0 Å². The first-order chi connectivity index (χ1) is 42.2. The number of rotatable bonds is 48. The molecule has 0 unspecified atom stereocenters. The Morgan fingerprint density at radius 1 is 0.233 bits per heavy atom. The van der Waals surface area contributed by atoms with Crippen LogP contribution in [0.5, 0.6) is 46.0 Å².